The quantitative estimate of drug-likeness (QED) is 0.482. The first-order valence-electron chi connectivity index (χ1n) is 12.6. The maximum absolute atomic E-state index is 6.13. The number of anilines is 2. The molecule has 3 aliphatic rings. The fourth-order valence-corrected chi connectivity index (χ4v) is 5.52. The Morgan fingerprint density at radius 2 is 1.82 bits per heavy atom. The molecule has 6 rings (SSSR count). The number of nitrogens with zero attached hydrogens (tertiary/aromatic N) is 4. The summed E-state index contributed by atoms with van der Waals surface area (Å²) in [6.07, 6.45) is 11.7. The van der Waals surface area contributed by atoms with Crippen LogP contribution in [0.1, 0.15) is 63.0 Å². The molecule has 1 aromatic carbocycles. The summed E-state index contributed by atoms with van der Waals surface area (Å²) >= 11 is 0. The second-order valence-electron chi connectivity index (χ2n) is 9.76. The van der Waals surface area contributed by atoms with Gasteiger partial charge in [-0.2, -0.15) is 0 Å². The molecule has 2 aliphatic carbocycles. The van der Waals surface area contributed by atoms with Crippen LogP contribution in [0.4, 0.5) is 11.8 Å². The van der Waals surface area contributed by atoms with E-state index in [4.69, 9.17) is 20.2 Å². The number of nitrogens with one attached hydrogen (secondary N) is 2. The van der Waals surface area contributed by atoms with E-state index < -0.39 is 0 Å². The first-order chi connectivity index (χ1) is 16.7. The van der Waals surface area contributed by atoms with Crippen molar-refractivity contribution in [2.75, 3.05) is 24.0 Å². The summed E-state index contributed by atoms with van der Waals surface area (Å²) in [5, 5.41) is 7.25. The lowest BCUT2D eigenvalue weighted by atomic mass is 9.92. The van der Waals surface area contributed by atoms with Gasteiger partial charge in [-0.3, -0.25) is 4.57 Å². The summed E-state index contributed by atoms with van der Waals surface area (Å²) < 4.78 is 13.3. The standard InChI is InChI=1S/C25H33N7O2/c26-17-6-8-18(9-7-17)30-25-31-22-23(28-14-29-24(22)32(25)19-3-1-2-4-19)27-12-11-16-5-10-20-21(13-16)34-15-33-20/h5,10,13-14,17-19H,1-4,6-9,11-12,15,26H2,(H,30,31)(H,27,28,29). The molecule has 4 N–H and O–H groups in total. The second-order valence-corrected chi connectivity index (χ2v) is 9.76. The molecule has 3 aromatic rings. The molecule has 0 atom stereocenters. The first-order valence-corrected chi connectivity index (χ1v) is 12.6. The monoisotopic (exact) mass is 463 g/mol. The Morgan fingerprint density at radius 3 is 2.68 bits per heavy atom. The number of nitrogens with two attached hydrogens (primary N) is 1. The van der Waals surface area contributed by atoms with Crippen LogP contribution in [0.5, 0.6) is 11.5 Å². The number of ether oxygens (including phenoxy) is 2. The maximum atomic E-state index is 6.13. The molecular formula is C25H33N7O2. The molecule has 0 amide bonds. The Bertz CT molecular complexity index is 1150. The second kappa shape index (κ2) is 9.29. The lowest BCUT2D eigenvalue weighted by molar-refractivity contribution is 0.174. The van der Waals surface area contributed by atoms with Gasteiger partial charge in [-0.05, 0) is 62.6 Å². The molecule has 9 nitrogen and oxygen atoms in total. The predicted molar refractivity (Wildman–Crippen MR) is 131 cm³/mol. The average molecular weight is 464 g/mol. The largest absolute Gasteiger partial charge is 0.454 e. The highest BCUT2D eigenvalue weighted by Gasteiger charge is 2.27. The lowest BCUT2D eigenvalue weighted by Gasteiger charge is -2.28. The Labute approximate surface area is 199 Å². The van der Waals surface area contributed by atoms with Crippen LogP contribution in [0.2, 0.25) is 0 Å². The molecule has 3 heterocycles. The zero-order valence-corrected chi connectivity index (χ0v) is 19.5. The number of hydrogen-bond acceptors (Lipinski definition) is 8. The molecule has 9 heteroatoms. The zero-order chi connectivity index (χ0) is 22.9. The highest BCUT2D eigenvalue weighted by Crippen LogP contribution is 2.37. The Hall–Kier alpha value is -3.07. The van der Waals surface area contributed by atoms with Crippen molar-refractivity contribution in [1.82, 2.24) is 19.5 Å². The lowest BCUT2D eigenvalue weighted by Crippen LogP contribution is -2.33. The van der Waals surface area contributed by atoms with Gasteiger partial charge in [0, 0.05) is 24.7 Å². The van der Waals surface area contributed by atoms with Gasteiger partial charge in [0.1, 0.15) is 6.33 Å². The van der Waals surface area contributed by atoms with Gasteiger partial charge in [0.05, 0.1) is 0 Å². The van der Waals surface area contributed by atoms with Crippen LogP contribution in [0.3, 0.4) is 0 Å². The highest BCUT2D eigenvalue weighted by molar-refractivity contribution is 5.85. The molecule has 34 heavy (non-hydrogen) atoms. The number of rotatable bonds is 7. The number of aromatic nitrogens is 4. The van der Waals surface area contributed by atoms with Crippen molar-refractivity contribution >= 4 is 22.9 Å². The molecule has 0 bridgehead atoms. The van der Waals surface area contributed by atoms with E-state index in [9.17, 15) is 0 Å². The van der Waals surface area contributed by atoms with Crippen molar-refractivity contribution in [2.45, 2.75) is 75.9 Å². The van der Waals surface area contributed by atoms with Gasteiger partial charge in [0.2, 0.25) is 12.7 Å². The van der Waals surface area contributed by atoms with Crippen molar-refractivity contribution in [3.05, 3.63) is 30.1 Å². The van der Waals surface area contributed by atoms with E-state index >= 15 is 0 Å². The van der Waals surface area contributed by atoms with Crippen molar-refractivity contribution in [3.63, 3.8) is 0 Å². The van der Waals surface area contributed by atoms with Crippen molar-refractivity contribution in [1.29, 1.82) is 0 Å². The van der Waals surface area contributed by atoms with E-state index in [1.165, 1.54) is 31.2 Å². The third-order valence-electron chi connectivity index (χ3n) is 7.42. The molecule has 2 fully saturated rings. The average Bonchev–Trinajstić information content (AvgIpc) is 3.60. The summed E-state index contributed by atoms with van der Waals surface area (Å²) in [6.45, 7) is 1.04. The highest BCUT2D eigenvalue weighted by atomic mass is 16.7. The smallest absolute Gasteiger partial charge is 0.231 e. The van der Waals surface area contributed by atoms with Crippen LogP contribution in [-0.2, 0) is 6.42 Å². The Kier molecular flexibility index (Phi) is 5.86. The number of imidazole rings is 1. The third kappa shape index (κ3) is 4.24. The maximum Gasteiger partial charge on any atom is 0.231 e. The van der Waals surface area contributed by atoms with Gasteiger partial charge in [-0.1, -0.05) is 18.9 Å². The molecule has 0 saturated heterocycles. The van der Waals surface area contributed by atoms with Gasteiger partial charge < -0.3 is 25.8 Å². The van der Waals surface area contributed by atoms with E-state index in [-0.39, 0.29) is 0 Å². The van der Waals surface area contributed by atoms with Crippen LogP contribution in [0.25, 0.3) is 11.2 Å². The van der Waals surface area contributed by atoms with Gasteiger partial charge in [0.25, 0.3) is 0 Å². The van der Waals surface area contributed by atoms with E-state index in [0.717, 1.165) is 73.1 Å². The topological polar surface area (TPSA) is 112 Å². The fourth-order valence-electron chi connectivity index (χ4n) is 5.52. The molecule has 0 radical (unpaired) electrons. The molecule has 2 saturated carbocycles. The number of benzene rings is 1. The number of hydrogen-bond donors (Lipinski definition) is 3. The minimum atomic E-state index is 0.295. The van der Waals surface area contributed by atoms with Gasteiger partial charge in [-0.25, -0.2) is 15.0 Å². The molecule has 0 spiro atoms. The van der Waals surface area contributed by atoms with Crippen LogP contribution < -0.4 is 25.8 Å². The summed E-state index contributed by atoms with van der Waals surface area (Å²) in [5.74, 6) is 3.35. The van der Waals surface area contributed by atoms with Gasteiger partial charge in [0.15, 0.2) is 28.5 Å². The Balaban J connectivity index is 1.23. The third-order valence-corrected chi connectivity index (χ3v) is 7.42. The van der Waals surface area contributed by atoms with Crippen LogP contribution >= 0.6 is 0 Å². The minimum Gasteiger partial charge on any atom is -0.454 e. The predicted octanol–water partition coefficient (Wildman–Crippen LogP) is 4.01. The summed E-state index contributed by atoms with van der Waals surface area (Å²) in [4.78, 5) is 14.3. The van der Waals surface area contributed by atoms with E-state index in [1.807, 2.05) is 12.1 Å². The van der Waals surface area contributed by atoms with Crippen LogP contribution in [0, 0.1) is 0 Å². The first kappa shape index (κ1) is 21.5. The van der Waals surface area contributed by atoms with Crippen molar-refractivity contribution in [2.24, 2.45) is 5.73 Å². The Morgan fingerprint density at radius 1 is 1.00 bits per heavy atom. The summed E-state index contributed by atoms with van der Waals surface area (Å²) in [5.41, 5.74) is 9.08. The molecule has 180 valence electrons. The minimum absolute atomic E-state index is 0.295. The van der Waals surface area contributed by atoms with E-state index in [1.54, 1.807) is 6.33 Å². The summed E-state index contributed by atoms with van der Waals surface area (Å²) in [7, 11) is 0. The van der Waals surface area contributed by atoms with Gasteiger partial charge in [-0.15, -0.1) is 0 Å². The van der Waals surface area contributed by atoms with E-state index in [2.05, 4.69) is 31.2 Å². The normalized spacial score (nSPS) is 22.4. The van der Waals surface area contributed by atoms with Gasteiger partial charge >= 0.3 is 0 Å². The molecule has 0 unspecified atom stereocenters. The summed E-state index contributed by atoms with van der Waals surface area (Å²) in [6, 6.07) is 7.28. The molecule has 1 aliphatic heterocycles. The van der Waals surface area contributed by atoms with E-state index in [0.29, 0.717) is 24.9 Å². The molecular weight excluding hydrogens is 430 g/mol. The van der Waals surface area contributed by atoms with Crippen LogP contribution in [0.15, 0.2) is 24.5 Å². The zero-order valence-electron chi connectivity index (χ0n) is 19.5. The molecule has 2 aromatic heterocycles. The van der Waals surface area contributed by atoms with Crippen molar-refractivity contribution < 1.29 is 9.47 Å². The number of fused-ring (bicyclic) bond motifs is 2. The van der Waals surface area contributed by atoms with Crippen molar-refractivity contribution in [3.8, 4) is 11.5 Å². The fraction of sp³-hybridized carbons (Fsp3) is 0.560. The SMILES string of the molecule is NC1CCC(Nc2nc3c(NCCc4ccc5c(c4)OCO5)ncnc3n2C2CCCC2)CC1. The van der Waals surface area contributed by atoms with Crippen LogP contribution in [-0.4, -0.2) is 44.9 Å².